The molecule has 1 fully saturated rings. The first-order valence-electron chi connectivity index (χ1n) is 5.95. The first kappa shape index (κ1) is 11.6. The summed E-state index contributed by atoms with van der Waals surface area (Å²) in [6, 6.07) is 0. The van der Waals surface area contributed by atoms with E-state index >= 15 is 0 Å². The molecule has 1 N–H and O–H groups in total. The van der Waals surface area contributed by atoms with Crippen LogP contribution in [0.2, 0.25) is 0 Å². The first-order chi connectivity index (χ1) is 7.66. The van der Waals surface area contributed by atoms with E-state index in [0.717, 1.165) is 43.5 Å². The second kappa shape index (κ2) is 4.97. The molecule has 0 aliphatic carbocycles. The van der Waals surface area contributed by atoms with Crippen LogP contribution in [-0.2, 0) is 11.2 Å². The van der Waals surface area contributed by atoms with Crippen molar-refractivity contribution >= 4 is 0 Å². The molecular formula is C12H20N2O2. The number of oxazole rings is 1. The topological polar surface area (TPSA) is 47.3 Å². The highest BCUT2D eigenvalue weighted by Crippen LogP contribution is 2.22. The Kier molecular flexibility index (Phi) is 3.61. The van der Waals surface area contributed by atoms with E-state index in [1.807, 2.05) is 6.92 Å². The van der Waals surface area contributed by atoms with Gasteiger partial charge in [0, 0.05) is 13.1 Å². The van der Waals surface area contributed by atoms with Crippen molar-refractivity contribution < 1.29 is 9.15 Å². The molecule has 1 aliphatic rings. The van der Waals surface area contributed by atoms with E-state index in [9.17, 15) is 0 Å². The number of aromatic nitrogens is 1. The third-order valence-electron chi connectivity index (χ3n) is 2.71. The number of nitrogens with zero attached hydrogens (tertiary/aromatic N) is 1. The number of hydrogen-bond donors (Lipinski definition) is 1. The van der Waals surface area contributed by atoms with Crippen LogP contribution in [0.1, 0.15) is 37.3 Å². The van der Waals surface area contributed by atoms with Crippen LogP contribution in [0.5, 0.6) is 0 Å². The average molecular weight is 224 g/mol. The Bertz CT molecular complexity index is 341. The van der Waals surface area contributed by atoms with Crippen LogP contribution >= 0.6 is 0 Å². The van der Waals surface area contributed by atoms with Gasteiger partial charge in [-0.1, -0.05) is 13.8 Å². The Hall–Kier alpha value is -0.870. The summed E-state index contributed by atoms with van der Waals surface area (Å²) in [5.41, 5.74) is 1.07. The standard InChI is InChI=1S/C12H20N2O2/c1-8(2)6-10-9(3)16-12(14-10)11-7-13-4-5-15-11/h8,11,13H,4-7H2,1-3H3. The fraction of sp³-hybridized carbons (Fsp3) is 0.750. The normalized spacial score (nSPS) is 21.6. The molecule has 1 aliphatic heterocycles. The number of hydrogen-bond acceptors (Lipinski definition) is 4. The van der Waals surface area contributed by atoms with Crippen molar-refractivity contribution in [3.8, 4) is 0 Å². The maximum atomic E-state index is 5.68. The highest BCUT2D eigenvalue weighted by molar-refractivity contribution is 5.10. The third-order valence-corrected chi connectivity index (χ3v) is 2.71. The van der Waals surface area contributed by atoms with Crippen LogP contribution in [0.3, 0.4) is 0 Å². The maximum absolute atomic E-state index is 5.68. The monoisotopic (exact) mass is 224 g/mol. The Morgan fingerprint density at radius 1 is 1.50 bits per heavy atom. The van der Waals surface area contributed by atoms with Gasteiger partial charge >= 0.3 is 0 Å². The van der Waals surface area contributed by atoms with Crippen LogP contribution in [0.25, 0.3) is 0 Å². The van der Waals surface area contributed by atoms with Crippen molar-refractivity contribution in [1.29, 1.82) is 0 Å². The molecule has 0 radical (unpaired) electrons. The molecule has 0 saturated carbocycles. The Morgan fingerprint density at radius 2 is 2.31 bits per heavy atom. The zero-order valence-corrected chi connectivity index (χ0v) is 10.2. The summed E-state index contributed by atoms with van der Waals surface area (Å²) in [7, 11) is 0. The highest BCUT2D eigenvalue weighted by atomic mass is 16.5. The van der Waals surface area contributed by atoms with Gasteiger partial charge in [-0.15, -0.1) is 0 Å². The van der Waals surface area contributed by atoms with Crippen molar-refractivity contribution in [2.45, 2.75) is 33.3 Å². The zero-order valence-electron chi connectivity index (χ0n) is 10.2. The molecule has 1 atom stereocenters. The predicted molar refractivity (Wildman–Crippen MR) is 61.3 cm³/mol. The summed E-state index contributed by atoms with van der Waals surface area (Å²) < 4.78 is 11.3. The number of ether oxygens (including phenoxy) is 1. The number of aryl methyl sites for hydroxylation is 1. The number of morpholine rings is 1. The quantitative estimate of drug-likeness (QED) is 0.851. The summed E-state index contributed by atoms with van der Waals surface area (Å²) in [6.07, 6.45) is 0.948. The van der Waals surface area contributed by atoms with E-state index < -0.39 is 0 Å². The fourth-order valence-electron chi connectivity index (χ4n) is 1.89. The van der Waals surface area contributed by atoms with Crippen LogP contribution in [-0.4, -0.2) is 24.7 Å². The Balaban J connectivity index is 2.09. The molecule has 0 aromatic carbocycles. The molecule has 2 rings (SSSR count). The predicted octanol–water partition coefficient (Wildman–Crippen LogP) is 1.84. The van der Waals surface area contributed by atoms with Gasteiger partial charge in [-0.3, -0.25) is 0 Å². The summed E-state index contributed by atoms with van der Waals surface area (Å²) in [4.78, 5) is 4.54. The second-order valence-electron chi connectivity index (χ2n) is 4.72. The minimum Gasteiger partial charge on any atom is -0.443 e. The second-order valence-corrected chi connectivity index (χ2v) is 4.72. The molecule has 0 amide bonds. The summed E-state index contributed by atoms with van der Waals surface area (Å²) >= 11 is 0. The summed E-state index contributed by atoms with van der Waals surface area (Å²) in [5.74, 6) is 2.25. The van der Waals surface area contributed by atoms with Gasteiger partial charge in [-0.2, -0.15) is 0 Å². The van der Waals surface area contributed by atoms with Gasteiger partial charge in [0.15, 0.2) is 0 Å². The number of rotatable bonds is 3. The number of nitrogens with one attached hydrogen (secondary N) is 1. The van der Waals surface area contributed by atoms with Crippen molar-refractivity contribution in [1.82, 2.24) is 10.3 Å². The van der Waals surface area contributed by atoms with Crippen molar-refractivity contribution in [3.05, 3.63) is 17.3 Å². The molecule has 0 bridgehead atoms. The first-order valence-corrected chi connectivity index (χ1v) is 5.95. The lowest BCUT2D eigenvalue weighted by Crippen LogP contribution is -2.33. The molecule has 1 aromatic heterocycles. The molecule has 16 heavy (non-hydrogen) atoms. The van der Waals surface area contributed by atoms with E-state index in [2.05, 4.69) is 24.1 Å². The van der Waals surface area contributed by atoms with E-state index in [1.165, 1.54) is 0 Å². The smallest absolute Gasteiger partial charge is 0.225 e. The van der Waals surface area contributed by atoms with Gasteiger partial charge in [-0.25, -0.2) is 4.98 Å². The maximum Gasteiger partial charge on any atom is 0.225 e. The van der Waals surface area contributed by atoms with Crippen molar-refractivity contribution in [2.24, 2.45) is 5.92 Å². The minimum atomic E-state index is -0.0200. The molecule has 1 saturated heterocycles. The molecule has 2 heterocycles. The highest BCUT2D eigenvalue weighted by Gasteiger charge is 2.22. The van der Waals surface area contributed by atoms with Gasteiger partial charge in [0.25, 0.3) is 0 Å². The average Bonchev–Trinajstić information content (AvgIpc) is 2.61. The largest absolute Gasteiger partial charge is 0.443 e. The summed E-state index contributed by atoms with van der Waals surface area (Å²) in [5, 5.41) is 3.28. The molecule has 0 spiro atoms. The van der Waals surface area contributed by atoms with Crippen molar-refractivity contribution in [2.75, 3.05) is 19.7 Å². The zero-order chi connectivity index (χ0) is 11.5. The lowest BCUT2D eigenvalue weighted by Gasteiger charge is -2.20. The van der Waals surface area contributed by atoms with Crippen LogP contribution in [0.15, 0.2) is 4.42 Å². The van der Waals surface area contributed by atoms with Crippen molar-refractivity contribution in [3.63, 3.8) is 0 Å². The molecule has 4 heteroatoms. The summed E-state index contributed by atoms with van der Waals surface area (Å²) in [6.45, 7) is 8.78. The lowest BCUT2D eigenvalue weighted by molar-refractivity contribution is 0.0104. The van der Waals surface area contributed by atoms with E-state index in [1.54, 1.807) is 0 Å². The lowest BCUT2D eigenvalue weighted by atomic mass is 10.1. The van der Waals surface area contributed by atoms with E-state index in [-0.39, 0.29) is 6.10 Å². The van der Waals surface area contributed by atoms with Gasteiger partial charge in [0.05, 0.1) is 12.3 Å². The molecule has 1 unspecified atom stereocenters. The van der Waals surface area contributed by atoms with Crippen LogP contribution in [0.4, 0.5) is 0 Å². The fourth-order valence-corrected chi connectivity index (χ4v) is 1.89. The molecule has 90 valence electrons. The minimum absolute atomic E-state index is 0.0200. The molecular weight excluding hydrogens is 204 g/mol. The van der Waals surface area contributed by atoms with Gasteiger partial charge in [-0.05, 0) is 19.3 Å². The molecule has 1 aromatic rings. The third kappa shape index (κ3) is 2.62. The van der Waals surface area contributed by atoms with Gasteiger partial charge in [0.1, 0.15) is 11.9 Å². The molecule has 4 nitrogen and oxygen atoms in total. The Morgan fingerprint density at radius 3 is 2.94 bits per heavy atom. The van der Waals surface area contributed by atoms with Crippen LogP contribution < -0.4 is 5.32 Å². The van der Waals surface area contributed by atoms with Gasteiger partial charge < -0.3 is 14.5 Å². The van der Waals surface area contributed by atoms with E-state index in [4.69, 9.17) is 9.15 Å². The van der Waals surface area contributed by atoms with Crippen LogP contribution in [0, 0.1) is 12.8 Å². The van der Waals surface area contributed by atoms with E-state index in [0.29, 0.717) is 5.92 Å². The Labute approximate surface area is 96.4 Å². The SMILES string of the molecule is Cc1oc(C2CNCCO2)nc1CC(C)C. The van der Waals surface area contributed by atoms with Gasteiger partial charge in [0.2, 0.25) is 5.89 Å².